The predicted molar refractivity (Wildman–Crippen MR) is 73.0 cm³/mol. The lowest BCUT2D eigenvalue weighted by molar-refractivity contribution is -0.128. The van der Waals surface area contributed by atoms with E-state index in [9.17, 15) is 9.18 Å². The monoisotopic (exact) mass is 313 g/mol. The Bertz CT molecular complexity index is 455. The summed E-state index contributed by atoms with van der Waals surface area (Å²) in [6.07, 6.45) is 1.85. The first-order chi connectivity index (χ1) is 8.51. The van der Waals surface area contributed by atoms with Crippen LogP contribution in [0.2, 0.25) is 0 Å². The second-order valence-corrected chi connectivity index (χ2v) is 6.06. The van der Waals surface area contributed by atoms with E-state index in [1.807, 2.05) is 6.92 Å². The van der Waals surface area contributed by atoms with Crippen molar-refractivity contribution in [2.24, 2.45) is 5.41 Å². The Morgan fingerprint density at radius 3 is 2.78 bits per heavy atom. The van der Waals surface area contributed by atoms with E-state index in [1.165, 1.54) is 6.07 Å². The van der Waals surface area contributed by atoms with Gasteiger partial charge >= 0.3 is 0 Å². The lowest BCUT2D eigenvalue weighted by Gasteiger charge is -2.32. The Hall–Kier alpha value is -0.740. The van der Waals surface area contributed by atoms with E-state index in [4.69, 9.17) is 0 Å². The van der Waals surface area contributed by atoms with Crippen molar-refractivity contribution in [2.45, 2.75) is 26.2 Å². The largest absolute Gasteiger partial charge is 0.317 e. The number of halogens is 2. The zero-order valence-electron chi connectivity index (χ0n) is 10.4. The number of carbonyl (C=O) groups is 1. The van der Waals surface area contributed by atoms with Crippen LogP contribution < -0.4 is 5.32 Å². The summed E-state index contributed by atoms with van der Waals surface area (Å²) in [5, 5.41) is 3.25. The first-order valence-electron chi connectivity index (χ1n) is 6.19. The number of hydrogen-bond acceptors (Lipinski definition) is 2. The molecule has 1 N–H and O–H groups in total. The SMILES string of the molecule is CC1(C(=O)Cc2cc(Br)ccc2F)CCNCC1. The Labute approximate surface area is 115 Å². The highest BCUT2D eigenvalue weighted by Gasteiger charge is 2.34. The maximum absolute atomic E-state index is 13.6. The molecule has 1 saturated heterocycles. The van der Waals surface area contributed by atoms with Gasteiger partial charge in [-0.1, -0.05) is 22.9 Å². The molecule has 0 radical (unpaired) electrons. The molecule has 0 unspecified atom stereocenters. The molecule has 0 saturated carbocycles. The lowest BCUT2D eigenvalue weighted by atomic mass is 9.75. The van der Waals surface area contributed by atoms with Crippen molar-refractivity contribution < 1.29 is 9.18 Å². The van der Waals surface area contributed by atoms with Gasteiger partial charge in [0.25, 0.3) is 0 Å². The van der Waals surface area contributed by atoms with Gasteiger partial charge in [-0.25, -0.2) is 4.39 Å². The van der Waals surface area contributed by atoms with Crippen LogP contribution in [0.1, 0.15) is 25.3 Å². The molecule has 98 valence electrons. The maximum Gasteiger partial charge on any atom is 0.143 e. The van der Waals surface area contributed by atoms with Crippen molar-refractivity contribution >= 4 is 21.7 Å². The minimum absolute atomic E-state index is 0.140. The van der Waals surface area contributed by atoms with Crippen LogP contribution in [0.25, 0.3) is 0 Å². The van der Waals surface area contributed by atoms with E-state index < -0.39 is 0 Å². The molecule has 1 aromatic carbocycles. The molecule has 0 spiro atoms. The van der Waals surface area contributed by atoms with Crippen LogP contribution in [0.15, 0.2) is 22.7 Å². The van der Waals surface area contributed by atoms with Crippen molar-refractivity contribution in [1.82, 2.24) is 5.32 Å². The molecule has 0 amide bonds. The molecule has 0 atom stereocenters. The summed E-state index contributed by atoms with van der Waals surface area (Å²) in [5.74, 6) is -0.162. The van der Waals surface area contributed by atoms with Crippen LogP contribution in [0.5, 0.6) is 0 Å². The first kappa shape index (κ1) is 13.7. The molecule has 1 aliphatic heterocycles. The van der Waals surface area contributed by atoms with Gasteiger partial charge in [-0.05, 0) is 49.7 Å². The van der Waals surface area contributed by atoms with Crippen LogP contribution in [0.3, 0.4) is 0 Å². The molecular formula is C14H17BrFNO. The van der Waals surface area contributed by atoms with Gasteiger partial charge in [-0.3, -0.25) is 4.79 Å². The number of piperidine rings is 1. The lowest BCUT2D eigenvalue weighted by Crippen LogP contribution is -2.40. The molecule has 1 aromatic rings. The first-order valence-corrected chi connectivity index (χ1v) is 6.98. The predicted octanol–water partition coefficient (Wildman–Crippen LogP) is 3.09. The van der Waals surface area contributed by atoms with Crippen molar-refractivity contribution in [1.29, 1.82) is 0 Å². The molecule has 2 nitrogen and oxygen atoms in total. The van der Waals surface area contributed by atoms with Crippen molar-refractivity contribution in [3.05, 3.63) is 34.1 Å². The number of carbonyl (C=O) groups excluding carboxylic acids is 1. The van der Waals surface area contributed by atoms with Crippen molar-refractivity contribution in [2.75, 3.05) is 13.1 Å². The molecule has 1 aliphatic rings. The maximum atomic E-state index is 13.6. The number of Topliss-reactive ketones (excluding diaryl/α,β-unsaturated/α-hetero) is 1. The molecule has 2 rings (SSSR count). The quantitative estimate of drug-likeness (QED) is 0.929. The normalized spacial score (nSPS) is 18.6. The minimum atomic E-state index is -0.306. The van der Waals surface area contributed by atoms with Gasteiger partial charge in [0.05, 0.1) is 0 Å². The van der Waals surface area contributed by atoms with Gasteiger partial charge in [0.2, 0.25) is 0 Å². The molecule has 1 fully saturated rings. The van der Waals surface area contributed by atoms with Crippen LogP contribution >= 0.6 is 15.9 Å². The third kappa shape index (κ3) is 2.98. The molecule has 1 heterocycles. The van der Waals surface area contributed by atoms with E-state index in [0.717, 1.165) is 30.4 Å². The van der Waals surface area contributed by atoms with Crippen LogP contribution in [0.4, 0.5) is 4.39 Å². The van der Waals surface area contributed by atoms with Gasteiger partial charge in [0.15, 0.2) is 0 Å². The fourth-order valence-corrected chi connectivity index (χ4v) is 2.73. The van der Waals surface area contributed by atoms with Crippen molar-refractivity contribution in [3.8, 4) is 0 Å². The van der Waals surface area contributed by atoms with Crippen LogP contribution in [-0.4, -0.2) is 18.9 Å². The number of ketones is 1. The minimum Gasteiger partial charge on any atom is -0.317 e. The summed E-state index contributed by atoms with van der Waals surface area (Å²) in [5.41, 5.74) is 0.175. The average molecular weight is 314 g/mol. The molecule has 18 heavy (non-hydrogen) atoms. The Kier molecular flexibility index (Phi) is 4.17. The second-order valence-electron chi connectivity index (χ2n) is 5.15. The van der Waals surface area contributed by atoms with Gasteiger partial charge in [0.1, 0.15) is 11.6 Å². The second kappa shape index (κ2) is 5.49. The summed E-state index contributed by atoms with van der Waals surface area (Å²) in [6, 6.07) is 4.74. The topological polar surface area (TPSA) is 29.1 Å². The van der Waals surface area contributed by atoms with Gasteiger partial charge in [-0.15, -0.1) is 0 Å². The standard InChI is InChI=1S/C14H17BrFNO/c1-14(4-6-17-7-5-14)13(18)9-10-8-11(15)2-3-12(10)16/h2-3,8,17H,4-7,9H2,1H3. The summed E-state index contributed by atoms with van der Waals surface area (Å²) in [6.45, 7) is 3.72. The molecular weight excluding hydrogens is 297 g/mol. The Morgan fingerprint density at radius 1 is 1.44 bits per heavy atom. The zero-order chi connectivity index (χ0) is 13.2. The third-order valence-corrected chi connectivity index (χ3v) is 4.23. The number of benzene rings is 1. The van der Waals surface area contributed by atoms with Crippen LogP contribution in [0, 0.1) is 11.2 Å². The van der Waals surface area contributed by atoms with E-state index in [2.05, 4.69) is 21.2 Å². The van der Waals surface area contributed by atoms with Crippen molar-refractivity contribution in [3.63, 3.8) is 0 Å². The fourth-order valence-electron chi connectivity index (χ4n) is 2.32. The summed E-state index contributed by atoms with van der Waals surface area (Å²) in [7, 11) is 0. The van der Waals surface area contributed by atoms with E-state index in [0.29, 0.717) is 5.56 Å². The van der Waals surface area contributed by atoms with Gasteiger partial charge < -0.3 is 5.32 Å². The molecule has 4 heteroatoms. The highest BCUT2D eigenvalue weighted by molar-refractivity contribution is 9.10. The average Bonchev–Trinajstić information content (AvgIpc) is 2.35. The molecule has 0 bridgehead atoms. The summed E-state index contributed by atoms with van der Waals surface area (Å²) >= 11 is 3.31. The highest BCUT2D eigenvalue weighted by Crippen LogP contribution is 2.31. The van der Waals surface area contributed by atoms with Gasteiger partial charge in [0, 0.05) is 16.3 Å². The number of nitrogens with one attached hydrogen (secondary N) is 1. The fraction of sp³-hybridized carbons (Fsp3) is 0.500. The van der Waals surface area contributed by atoms with Crippen LogP contribution in [-0.2, 0) is 11.2 Å². The van der Waals surface area contributed by atoms with E-state index >= 15 is 0 Å². The zero-order valence-corrected chi connectivity index (χ0v) is 12.0. The summed E-state index contributed by atoms with van der Waals surface area (Å²) < 4.78 is 14.4. The highest BCUT2D eigenvalue weighted by atomic mass is 79.9. The van der Waals surface area contributed by atoms with E-state index in [1.54, 1.807) is 12.1 Å². The molecule has 0 aromatic heterocycles. The Balaban J connectivity index is 2.13. The smallest absolute Gasteiger partial charge is 0.143 e. The van der Waals surface area contributed by atoms with E-state index in [-0.39, 0.29) is 23.4 Å². The Morgan fingerprint density at radius 2 is 2.11 bits per heavy atom. The van der Waals surface area contributed by atoms with Gasteiger partial charge in [-0.2, -0.15) is 0 Å². The third-order valence-electron chi connectivity index (χ3n) is 3.74. The molecule has 0 aliphatic carbocycles. The number of rotatable bonds is 3. The summed E-state index contributed by atoms with van der Waals surface area (Å²) in [4.78, 5) is 12.3. The number of hydrogen-bond donors (Lipinski definition) is 1.